The zero-order valence-electron chi connectivity index (χ0n) is 12.1. The van der Waals surface area contributed by atoms with Gasteiger partial charge >= 0.3 is 51.4 Å². The van der Waals surface area contributed by atoms with Crippen molar-refractivity contribution >= 4 is 21.5 Å². The van der Waals surface area contributed by atoms with Crippen molar-refractivity contribution in [1.29, 1.82) is 0 Å². The minimum atomic E-state index is -4.40. The van der Waals surface area contributed by atoms with Crippen LogP contribution in [-0.4, -0.2) is 18.7 Å². The first-order valence-electron chi connectivity index (χ1n) is 6.51. The van der Waals surface area contributed by atoms with E-state index in [0.717, 1.165) is 24.1 Å². The largest absolute Gasteiger partial charge is 1.00 e. The Labute approximate surface area is 172 Å². The quantitative estimate of drug-likeness (QED) is 0.458. The number of nitrogens with zero attached hydrogens (tertiary/aromatic N) is 1. The standard InChI is InChI=1S/C15H14N2O3S.K/c18-21(19,20)13-8-6-12(7-9-13)16-17-15-10-5-11-3-1-2-4-14(11)15;/h1-4,6-9,16H,5,10H2,(H,18,19,20);/q;+1/p-1/b17-15+;. The molecule has 2 aromatic rings. The fourth-order valence-corrected chi connectivity index (χ4v) is 2.82. The van der Waals surface area contributed by atoms with Crippen LogP contribution >= 0.6 is 0 Å². The number of hydrazone groups is 1. The molecular formula is C15H13KN2O3S. The van der Waals surface area contributed by atoms with Crippen LogP contribution in [0.15, 0.2) is 58.5 Å². The topological polar surface area (TPSA) is 81.6 Å². The summed E-state index contributed by atoms with van der Waals surface area (Å²) in [5.41, 5.74) is 6.94. The van der Waals surface area contributed by atoms with E-state index in [1.807, 2.05) is 18.2 Å². The molecule has 108 valence electrons. The van der Waals surface area contributed by atoms with Crippen molar-refractivity contribution in [3.63, 3.8) is 0 Å². The molecule has 0 heterocycles. The number of aryl methyl sites for hydroxylation is 1. The number of benzene rings is 2. The summed E-state index contributed by atoms with van der Waals surface area (Å²) in [6.45, 7) is 0. The molecular weight excluding hydrogens is 327 g/mol. The number of hydrogen-bond acceptors (Lipinski definition) is 5. The molecule has 0 aliphatic heterocycles. The van der Waals surface area contributed by atoms with Gasteiger partial charge in [-0.15, -0.1) is 0 Å². The summed E-state index contributed by atoms with van der Waals surface area (Å²) in [5.74, 6) is 0. The number of anilines is 1. The van der Waals surface area contributed by atoms with E-state index in [-0.39, 0.29) is 56.3 Å². The van der Waals surface area contributed by atoms with Crippen molar-refractivity contribution in [2.24, 2.45) is 5.10 Å². The zero-order valence-corrected chi connectivity index (χ0v) is 16.1. The van der Waals surface area contributed by atoms with E-state index in [1.54, 1.807) is 0 Å². The number of hydrogen-bond donors (Lipinski definition) is 1. The second-order valence-electron chi connectivity index (χ2n) is 4.81. The Hall–Kier alpha value is -0.544. The summed E-state index contributed by atoms with van der Waals surface area (Å²) in [6, 6.07) is 13.7. The Bertz CT molecular complexity index is 802. The molecule has 0 unspecified atom stereocenters. The molecule has 0 saturated carbocycles. The minimum absolute atomic E-state index is 0. The molecule has 7 heteroatoms. The summed E-state index contributed by atoms with van der Waals surface area (Å²) in [7, 11) is -4.40. The average molecular weight is 340 g/mol. The molecule has 5 nitrogen and oxygen atoms in total. The van der Waals surface area contributed by atoms with Gasteiger partial charge in [-0.05, 0) is 42.7 Å². The third kappa shape index (κ3) is 4.05. The van der Waals surface area contributed by atoms with Crippen molar-refractivity contribution in [2.75, 3.05) is 5.43 Å². The molecule has 2 aromatic carbocycles. The van der Waals surface area contributed by atoms with E-state index < -0.39 is 10.1 Å². The van der Waals surface area contributed by atoms with Crippen molar-refractivity contribution in [2.45, 2.75) is 17.7 Å². The van der Waals surface area contributed by atoms with Gasteiger partial charge in [0.2, 0.25) is 0 Å². The molecule has 1 aliphatic rings. The van der Waals surface area contributed by atoms with Gasteiger partial charge in [0.05, 0.1) is 16.3 Å². The smallest absolute Gasteiger partial charge is 0.744 e. The van der Waals surface area contributed by atoms with Crippen LogP contribution in [-0.2, 0) is 16.5 Å². The molecule has 1 aliphatic carbocycles. The van der Waals surface area contributed by atoms with Crippen LogP contribution in [0.4, 0.5) is 5.69 Å². The fourth-order valence-electron chi connectivity index (χ4n) is 2.35. The maximum absolute atomic E-state index is 10.8. The van der Waals surface area contributed by atoms with Gasteiger partial charge in [-0.1, -0.05) is 24.3 Å². The molecule has 0 fully saturated rings. The number of nitrogens with one attached hydrogen (secondary N) is 1. The second kappa shape index (κ2) is 7.35. The van der Waals surface area contributed by atoms with Crippen molar-refractivity contribution in [1.82, 2.24) is 0 Å². The second-order valence-corrected chi connectivity index (χ2v) is 6.19. The Morgan fingerprint density at radius 3 is 2.36 bits per heavy atom. The van der Waals surface area contributed by atoms with Crippen molar-refractivity contribution in [3.8, 4) is 0 Å². The van der Waals surface area contributed by atoms with E-state index >= 15 is 0 Å². The third-order valence-corrected chi connectivity index (χ3v) is 4.27. The Morgan fingerprint density at radius 1 is 1.00 bits per heavy atom. The third-order valence-electron chi connectivity index (χ3n) is 3.42. The Balaban J connectivity index is 0.00000176. The predicted octanol–water partition coefficient (Wildman–Crippen LogP) is -0.643. The zero-order chi connectivity index (χ0) is 14.9. The van der Waals surface area contributed by atoms with Gasteiger partial charge in [-0.25, -0.2) is 8.42 Å². The van der Waals surface area contributed by atoms with Crippen LogP contribution in [0.1, 0.15) is 17.5 Å². The van der Waals surface area contributed by atoms with Gasteiger partial charge in [0.15, 0.2) is 0 Å². The van der Waals surface area contributed by atoms with E-state index in [2.05, 4.69) is 16.6 Å². The molecule has 3 rings (SSSR count). The van der Waals surface area contributed by atoms with Gasteiger partial charge in [0.1, 0.15) is 10.1 Å². The molecule has 0 bridgehead atoms. The van der Waals surface area contributed by atoms with Gasteiger partial charge in [-0.2, -0.15) is 5.10 Å². The van der Waals surface area contributed by atoms with Crippen LogP contribution in [0.5, 0.6) is 0 Å². The molecule has 0 atom stereocenters. The first-order valence-corrected chi connectivity index (χ1v) is 7.92. The molecule has 0 saturated heterocycles. The van der Waals surface area contributed by atoms with E-state index in [1.165, 1.54) is 29.8 Å². The maximum Gasteiger partial charge on any atom is 1.00 e. The van der Waals surface area contributed by atoms with Crippen LogP contribution in [0.25, 0.3) is 0 Å². The SMILES string of the molecule is O=S(=O)([O-])c1ccc(N/N=C2\CCc3ccccc32)cc1.[K+]. The Morgan fingerprint density at radius 2 is 1.68 bits per heavy atom. The first-order chi connectivity index (χ1) is 10.0. The number of fused-ring (bicyclic) bond motifs is 1. The van der Waals surface area contributed by atoms with E-state index in [0.29, 0.717) is 5.69 Å². The maximum atomic E-state index is 10.8. The monoisotopic (exact) mass is 340 g/mol. The molecule has 0 spiro atoms. The van der Waals surface area contributed by atoms with Crippen molar-refractivity contribution < 1.29 is 64.4 Å². The van der Waals surface area contributed by atoms with Gasteiger partial charge < -0.3 is 4.55 Å². The summed E-state index contributed by atoms with van der Waals surface area (Å²) in [6.07, 6.45) is 1.85. The van der Waals surface area contributed by atoms with E-state index in [4.69, 9.17) is 0 Å². The van der Waals surface area contributed by atoms with E-state index in [9.17, 15) is 13.0 Å². The summed E-state index contributed by atoms with van der Waals surface area (Å²) in [4.78, 5) is -0.244. The first kappa shape index (κ1) is 17.8. The minimum Gasteiger partial charge on any atom is -0.744 e. The normalized spacial score (nSPS) is 15.2. The summed E-state index contributed by atoms with van der Waals surface area (Å²) >= 11 is 0. The van der Waals surface area contributed by atoms with Gasteiger partial charge in [0.25, 0.3) is 0 Å². The molecule has 0 aromatic heterocycles. The molecule has 0 amide bonds. The molecule has 0 radical (unpaired) electrons. The summed E-state index contributed by atoms with van der Waals surface area (Å²) < 4.78 is 32.5. The van der Waals surface area contributed by atoms with Crippen LogP contribution < -0.4 is 56.8 Å². The predicted molar refractivity (Wildman–Crippen MR) is 79.3 cm³/mol. The van der Waals surface area contributed by atoms with Gasteiger partial charge in [0, 0.05) is 5.56 Å². The van der Waals surface area contributed by atoms with Gasteiger partial charge in [-0.3, -0.25) is 5.43 Å². The van der Waals surface area contributed by atoms with Crippen LogP contribution in [0.2, 0.25) is 0 Å². The number of rotatable bonds is 3. The van der Waals surface area contributed by atoms with Crippen LogP contribution in [0, 0.1) is 0 Å². The molecule has 22 heavy (non-hydrogen) atoms. The fraction of sp³-hybridized carbons (Fsp3) is 0.133. The molecule has 1 N–H and O–H groups in total. The van der Waals surface area contributed by atoms with Crippen LogP contribution in [0.3, 0.4) is 0 Å². The van der Waals surface area contributed by atoms with Crippen molar-refractivity contribution in [3.05, 3.63) is 59.7 Å². The average Bonchev–Trinajstić information content (AvgIpc) is 2.88. The summed E-state index contributed by atoms with van der Waals surface area (Å²) in [5, 5.41) is 4.37. The Kier molecular flexibility index (Phi) is 5.95.